The fourth-order valence-electron chi connectivity index (χ4n) is 14.8. The van der Waals surface area contributed by atoms with Gasteiger partial charge in [0, 0.05) is 158 Å². The third-order valence-corrected chi connectivity index (χ3v) is 25.2. The second-order valence-corrected chi connectivity index (χ2v) is 36.0. The summed E-state index contributed by atoms with van der Waals surface area (Å²) in [6.45, 7) is 37.0. The molecule has 21 rings (SSSR count). The van der Waals surface area contributed by atoms with Gasteiger partial charge in [-0.2, -0.15) is 0 Å². The molecule has 9 aromatic rings. The standard InChI is InChI=1S/C16H15ClN4O.C16H15FN4O.C16H16N4O.C14H18BNO2.C12H24B2O4.C8H6BrN.C8H10ClN3O/c2*17-13-1-2-14-12(13)7-11(8-19-14)15-9-18-10-16(20-15)21-3-5-22-6-4-21;1-2-12-8-13(9-18-14(12)3-1)15-10-17-11-16(19-15)20-4-6-21-7-5-20;1-13(2)14(3,4)18-15(17-13)11-8-10-6-5-7-12(10)16-9-11;1-9(2)10(3,4)16-13(15-9)14-17-11(5,6)12(7,8)18-14;9-7-4-6-2-1-3-8(6)10-5-7;9-7-5-10-6-8(11-7)12-1-3-13-4-2-12/h2*1,7-10H,2-6H2;1-2,8-11H,3-7H2;5-6,8-9H,7H2,1-4H3;1-8H3;1-2,4-5H,3H2;5-6H,1-4H2. The topological polar surface area (TPSA) is 273 Å². The number of anilines is 4. The number of nitrogens with zero attached hydrogens (tertiary/aromatic N) is 17. The third kappa shape index (κ3) is 21.4. The summed E-state index contributed by atoms with van der Waals surface area (Å²) in [4.78, 5) is 65.9. The number of hydrogen-bond acceptors (Lipinski definition) is 27. The fourth-order valence-corrected chi connectivity index (χ4v) is 15.5. The molecule has 0 amide bonds. The SMILES string of the molecule is Brc1cnc2c(c1)C=CC2.C1=Cc2cc(-c3cncc(N4CCOCC4)n3)cnc2C1.CC1(C)OB(B2OC(C)(C)C(C)(C)O2)OC1(C)C.CC1(C)OB(c2cnc3c(c2)C=CC3)OC1(C)C.ClC1=CCc2ncc(-c3cncc(N4CCOCC4)n3)cc21.Clc1cncc(N2CCOCC2)n1.FC1=CCc2ncc(-c3cncc(N4CCOCC4)n3)cc21. The van der Waals surface area contributed by atoms with E-state index in [9.17, 15) is 4.39 Å². The van der Waals surface area contributed by atoms with Crippen LogP contribution in [0.25, 0.3) is 62.9 Å². The first kappa shape index (κ1) is 89.6. The summed E-state index contributed by atoms with van der Waals surface area (Å²) < 4.78 is 72.0. The summed E-state index contributed by atoms with van der Waals surface area (Å²) in [5.41, 5.74) is 14.5. The maximum absolute atomic E-state index is 13.7. The first-order chi connectivity index (χ1) is 59.5. The molecule has 0 N–H and O–H groups in total. The average molecular weight is 1790 g/mol. The predicted octanol–water partition coefficient (Wildman–Crippen LogP) is 14.3. The van der Waals surface area contributed by atoms with Crippen LogP contribution >= 0.6 is 39.1 Å². The van der Waals surface area contributed by atoms with Crippen LogP contribution in [-0.2, 0) is 79.0 Å². The van der Waals surface area contributed by atoms with E-state index in [2.05, 4.69) is 173 Å². The van der Waals surface area contributed by atoms with Crippen molar-refractivity contribution in [1.29, 1.82) is 0 Å². The highest BCUT2D eigenvalue weighted by Crippen LogP contribution is 2.44. The van der Waals surface area contributed by atoms with Gasteiger partial charge in [-0.25, -0.2) is 24.3 Å². The normalized spacial score (nSPS) is 20.0. The Kier molecular flexibility index (Phi) is 28.1. The average Bonchev–Trinajstić information content (AvgIpc) is 1.60. The number of pyridine rings is 5. The Hall–Kier alpha value is -9.25. The zero-order valence-corrected chi connectivity index (χ0v) is 75.4. The van der Waals surface area contributed by atoms with Crippen molar-refractivity contribution in [2.45, 2.75) is 149 Å². The monoisotopic (exact) mass is 1780 g/mol. The molecule has 124 heavy (non-hydrogen) atoms. The van der Waals surface area contributed by atoms with Crippen LogP contribution in [-0.4, -0.2) is 225 Å². The smallest absolute Gasteiger partial charge is 0.405 e. The van der Waals surface area contributed by atoms with E-state index in [1.54, 1.807) is 55.5 Å². The largest absolute Gasteiger partial charge is 0.496 e. The molecule has 27 nitrogen and oxygen atoms in total. The van der Waals surface area contributed by atoms with Crippen LogP contribution in [0.15, 0.2) is 146 Å². The van der Waals surface area contributed by atoms with E-state index in [1.807, 2.05) is 98.5 Å². The van der Waals surface area contributed by atoms with Crippen LogP contribution < -0.4 is 25.1 Å². The summed E-state index contributed by atoms with van der Waals surface area (Å²) in [7, 11) is -1.27. The molecule has 0 atom stereocenters. The van der Waals surface area contributed by atoms with E-state index in [4.69, 9.17) is 80.0 Å². The number of fused-ring (bicyclic) bond motifs is 5. The molecular formula is C90H104B3BrCl2FN17O10. The predicted molar refractivity (Wildman–Crippen MR) is 488 cm³/mol. The van der Waals surface area contributed by atoms with E-state index in [-0.39, 0.29) is 46.6 Å². The Morgan fingerprint density at radius 3 is 1.12 bits per heavy atom. The molecule has 0 radical (unpaired) electrons. The number of morpholine rings is 4. The van der Waals surface area contributed by atoms with E-state index < -0.39 is 14.0 Å². The highest BCUT2D eigenvalue weighted by molar-refractivity contribution is 9.10. The molecule has 7 aliphatic heterocycles. The van der Waals surface area contributed by atoms with E-state index in [0.29, 0.717) is 36.0 Å². The molecule has 34 heteroatoms. The lowest BCUT2D eigenvalue weighted by Gasteiger charge is -2.32. The van der Waals surface area contributed by atoms with Crippen molar-refractivity contribution in [2.75, 3.05) is 125 Å². The van der Waals surface area contributed by atoms with Crippen molar-refractivity contribution in [3.05, 3.63) is 207 Å². The molecule has 0 spiro atoms. The van der Waals surface area contributed by atoms with Gasteiger partial charge in [-0.15, -0.1) is 0 Å². The molecule has 9 aromatic heterocycles. The minimum Gasteiger partial charge on any atom is -0.405 e. The Labute approximate surface area is 744 Å². The highest BCUT2D eigenvalue weighted by atomic mass is 79.9. The summed E-state index contributed by atoms with van der Waals surface area (Å²) in [6, 6.07) is 10.2. The van der Waals surface area contributed by atoms with Gasteiger partial charge in [0.1, 0.15) is 34.3 Å². The molecule has 16 heterocycles. The van der Waals surface area contributed by atoms with Gasteiger partial charge < -0.3 is 66.5 Å². The highest BCUT2D eigenvalue weighted by Gasteiger charge is 2.64. The van der Waals surface area contributed by atoms with Gasteiger partial charge in [0.05, 0.1) is 182 Å². The van der Waals surface area contributed by atoms with E-state index >= 15 is 0 Å². The van der Waals surface area contributed by atoms with Gasteiger partial charge in [0.25, 0.3) is 0 Å². The van der Waals surface area contributed by atoms with Crippen molar-refractivity contribution in [3.63, 3.8) is 0 Å². The minimum absolute atomic E-state index is 0.207. The Morgan fingerprint density at radius 2 is 0.694 bits per heavy atom. The van der Waals surface area contributed by atoms with Crippen LogP contribution in [0.3, 0.4) is 0 Å². The first-order valence-corrected chi connectivity index (χ1v) is 43.7. The molecular weight excluding hydrogens is 1680 g/mol. The van der Waals surface area contributed by atoms with Gasteiger partial charge >= 0.3 is 21.1 Å². The quantitative estimate of drug-likeness (QED) is 0.121. The lowest BCUT2D eigenvalue weighted by molar-refractivity contribution is 0.00578. The number of aromatic nitrogens is 13. The van der Waals surface area contributed by atoms with Crippen LogP contribution in [0.5, 0.6) is 0 Å². The van der Waals surface area contributed by atoms with Gasteiger partial charge in [-0.05, 0) is 146 Å². The number of allylic oxidation sites excluding steroid dienone is 5. The molecule has 0 bridgehead atoms. The van der Waals surface area contributed by atoms with Crippen molar-refractivity contribution in [1.82, 2.24) is 64.8 Å². The molecule has 0 unspecified atom stereocenters. The lowest BCUT2D eigenvalue weighted by Crippen LogP contribution is -2.41. The summed E-state index contributed by atoms with van der Waals surface area (Å²) in [5.74, 6) is 3.23. The Morgan fingerprint density at radius 1 is 0.355 bits per heavy atom. The van der Waals surface area contributed by atoms with Gasteiger partial charge in [0.15, 0.2) is 0 Å². The van der Waals surface area contributed by atoms with Gasteiger partial charge in [-0.3, -0.25) is 44.9 Å². The first-order valence-electron chi connectivity index (χ1n) is 42.2. The zero-order chi connectivity index (χ0) is 87.0. The maximum atomic E-state index is 13.7. The molecule has 0 saturated carbocycles. The van der Waals surface area contributed by atoms with E-state index in [1.165, 1.54) is 28.6 Å². The summed E-state index contributed by atoms with van der Waals surface area (Å²) in [6.07, 6.45) is 43.5. The van der Waals surface area contributed by atoms with Crippen molar-refractivity contribution >= 4 is 118 Å². The number of hydrogen-bond donors (Lipinski definition) is 0. The van der Waals surface area contributed by atoms with Crippen molar-refractivity contribution in [3.8, 4) is 33.8 Å². The number of halogens is 4. The van der Waals surface area contributed by atoms with Crippen LogP contribution in [0.4, 0.5) is 27.7 Å². The molecule has 7 fully saturated rings. The number of ether oxygens (including phenoxy) is 4. The van der Waals surface area contributed by atoms with Crippen molar-refractivity contribution < 1.29 is 51.3 Å². The second kappa shape index (κ2) is 38.9. The Bertz CT molecular complexity index is 5250. The second-order valence-electron chi connectivity index (χ2n) is 34.2. The molecule has 12 aliphatic rings. The summed E-state index contributed by atoms with van der Waals surface area (Å²) in [5, 5.41) is 1.20. The van der Waals surface area contributed by atoms with Crippen LogP contribution in [0.1, 0.15) is 139 Å². The fraction of sp³-hybridized carbons (Fsp3) is 0.433. The van der Waals surface area contributed by atoms with Crippen LogP contribution in [0, 0.1) is 0 Å². The third-order valence-electron chi connectivity index (χ3n) is 24.2. The number of rotatable bonds is 9. The molecule has 0 aromatic carbocycles. The van der Waals surface area contributed by atoms with E-state index in [0.717, 1.165) is 212 Å². The minimum atomic E-state index is -0.476. The zero-order valence-electron chi connectivity index (χ0n) is 72.3. The molecule has 5 aliphatic carbocycles. The van der Waals surface area contributed by atoms with Crippen molar-refractivity contribution in [2.24, 2.45) is 0 Å². The maximum Gasteiger partial charge on any atom is 0.496 e. The Balaban J connectivity index is 0.000000113. The van der Waals surface area contributed by atoms with Gasteiger partial charge in [0.2, 0.25) is 0 Å². The van der Waals surface area contributed by atoms with Crippen LogP contribution in [0.2, 0.25) is 5.15 Å². The lowest BCUT2D eigenvalue weighted by atomic mass is 9.49. The summed E-state index contributed by atoms with van der Waals surface area (Å²) >= 11 is 15.3. The molecule has 7 saturated heterocycles. The van der Waals surface area contributed by atoms with Gasteiger partial charge in [-0.1, -0.05) is 71.8 Å². The molecule has 646 valence electrons.